The molecule has 4 rings (SSSR count). The molecule has 8 heteroatoms. The Balaban J connectivity index is 1.51. The minimum absolute atomic E-state index is 0.0299. The molecule has 0 saturated heterocycles. The van der Waals surface area contributed by atoms with E-state index in [9.17, 15) is 4.79 Å². The van der Waals surface area contributed by atoms with Crippen LogP contribution in [0, 0.1) is 0 Å². The van der Waals surface area contributed by atoms with E-state index in [-0.39, 0.29) is 5.56 Å². The van der Waals surface area contributed by atoms with Crippen molar-refractivity contribution >= 4 is 28.1 Å². The molecule has 1 aliphatic rings. The standard InChI is InChI=1S/C16H19N5OS2/c1-20-14(11-5-3-2-4-6-11)18-19-16(20)24-10-12-9-13(22)21-7-8-23-15(21)17-12/h7-9,11H,2-6,10H2,1H3. The normalized spacial score (nSPS) is 16.0. The molecular weight excluding hydrogens is 342 g/mol. The van der Waals surface area contributed by atoms with Gasteiger partial charge in [-0.2, -0.15) is 0 Å². The molecule has 126 valence electrons. The van der Waals surface area contributed by atoms with E-state index in [0.717, 1.165) is 21.6 Å². The molecular formula is C16H19N5OS2. The Morgan fingerprint density at radius 1 is 1.29 bits per heavy atom. The van der Waals surface area contributed by atoms with E-state index in [4.69, 9.17) is 0 Å². The third-order valence-electron chi connectivity index (χ3n) is 4.54. The lowest BCUT2D eigenvalue weighted by Gasteiger charge is -2.20. The van der Waals surface area contributed by atoms with E-state index < -0.39 is 0 Å². The fraction of sp³-hybridized carbons (Fsp3) is 0.500. The van der Waals surface area contributed by atoms with Gasteiger partial charge < -0.3 is 4.57 Å². The largest absolute Gasteiger partial charge is 0.309 e. The summed E-state index contributed by atoms with van der Waals surface area (Å²) in [7, 11) is 2.04. The zero-order chi connectivity index (χ0) is 16.5. The van der Waals surface area contributed by atoms with Crippen LogP contribution in [0.25, 0.3) is 4.96 Å². The molecule has 3 heterocycles. The number of thiazole rings is 1. The highest BCUT2D eigenvalue weighted by Crippen LogP contribution is 2.33. The summed E-state index contributed by atoms with van der Waals surface area (Å²) in [5.41, 5.74) is 0.757. The zero-order valence-electron chi connectivity index (χ0n) is 13.5. The summed E-state index contributed by atoms with van der Waals surface area (Å²) in [6, 6.07) is 1.60. The summed E-state index contributed by atoms with van der Waals surface area (Å²) in [5.74, 6) is 2.26. The van der Waals surface area contributed by atoms with Crippen LogP contribution in [-0.2, 0) is 12.8 Å². The van der Waals surface area contributed by atoms with Crippen molar-refractivity contribution in [3.63, 3.8) is 0 Å². The lowest BCUT2D eigenvalue weighted by Crippen LogP contribution is -2.12. The number of fused-ring (bicyclic) bond motifs is 1. The third kappa shape index (κ3) is 3.00. The number of thioether (sulfide) groups is 1. The van der Waals surface area contributed by atoms with Gasteiger partial charge in [0.05, 0.1) is 5.69 Å². The van der Waals surface area contributed by atoms with Crippen molar-refractivity contribution in [3.05, 3.63) is 39.5 Å². The van der Waals surface area contributed by atoms with Gasteiger partial charge in [0.2, 0.25) is 0 Å². The van der Waals surface area contributed by atoms with Crippen molar-refractivity contribution in [3.8, 4) is 0 Å². The molecule has 0 bridgehead atoms. The van der Waals surface area contributed by atoms with Crippen LogP contribution in [0.2, 0.25) is 0 Å². The molecule has 0 aliphatic heterocycles. The average molecular weight is 361 g/mol. The Morgan fingerprint density at radius 3 is 2.96 bits per heavy atom. The van der Waals surface area contributed by atoms with E-state index >= 15 is 0 Å². The van der Waals surface area contributed by atoms with Gasteiger partial charge in [0.15, 0.2) is 10.1 Å². The lowest BCUT2D eigenvalue weighted by atomic mass is 9.89. The number of aromatic nitrogens is 5. The molecule has 0 spiro atoms. The maximum Gasteiger partial charge on any atom is 0.258 e. The van der Waals surface area contributed by atoms with E-state index in [2.05, 4.69) is 19.7 Å². The fourth-order valence-corrected chi connectivity index (χ4v) is 4.82. The van der Waals surface area contributed by atoms with Crippen LogP contribution in [-0.4, -0.2) is 24.1 Å². The molecule has 0 N–H and O–H groups in total. The Kier molecular flexibility index (Phi) is 4.41. The molecule has 0 amide bonds. The molecule has 0 aromatic carbocycles. The van der Waals surface area contributed by atoms with E-state index in [1.165, 1.54) is 43.4 Å². The molecule has 0 unspecified atom stereocenters. The Labute approximate surface area is 148 Å². The topological polar surface area (TPSA) is 65.1 Å². The van der Waals surface area contributed by atoms with Crippen molar-refractivity contribution in [2.45, 2.75) is 48.9 Å². The van der Waals surface area contributed by atoms with Crippen LogP contribution in [0.4, 0.5) is 0 Å². The molecule has 0 atom stereocenters. The summed E-state index contributed by atoms with van der Waals surface area (Å²) >= 11 is 3.06. The van der Waals surface area contributed by atoms with Crippen LogP contribution in [0.1, 0.15) is 49.5 Å². The zero-order valence-corrected chi connectivity index (χ0v) is 15.1. The molecule has 24 heavy (non-hydrogen) atoms. The van der Waals surface area contributed by atoms with Gasteiger partial charge in [0.25, 0.3) is 5.56 Å². The van der Waals surface area contributed by atoms with Gasteiger partial charge in [-0.05, 0) is 12.8 Å². The summed E-state index contributed by atoms with van der Waals surface area (Å²) in [6.45, 7) is 0. The van der Waals surface area contributed by atoms with E-state index in [0.29, 0.717) is 11.7 Å². The second-order valence-electron chi connectivity index (χ2n) is 6.16. The van der Waals surface area contributed by atoms with E-state index in [1.807, 2.05) is 12.4 Å². The van der Waals surface area contributed by atoms with Crippen LogP contribution >= 0.6 is 23.1 Å². The predicted molar refractivity (Wildman–Crippen MR) is 95.7 cm³/mol. The molecule has 1 fully saturated rings. The first-order valence-corrected chi connectivity index (χ1v) is 10.1. The first-order valence-electron chi connectivity index (χ1n) is 8.20. The SMILES string of the molecule is Cn1c(SCc2cc(=O)n3ccsc3n2)nnc1C1CCCCC1. The average Bonchev–Trinajstić information content (AvgIpc) is 3.21. The number of hydrogen-bond donors (Lipinski definition) is 0. The van der Waals surface area contributed by atoms with Crippen LogP contribution < -0.4 is 5.56 Å². The summed E-state index contributed by atoms with van der Waals surface area (Å²) < 4.78 is 3.68. The molecule has 0 radical (unpaired) electrons. The monoisotopic (exact) mass is 361 g/mol. The lowest BCUT2D eigenvalue weighted by molar-refractivity contribution is 0.418. The minimum atomic E-state index is -0.0299. The quantitative estimate of drug-likeness (QED) is 0.668. The van der Waals surface area contributed by atoms with Crippen LogP contribution in [0.5, 0.6) is 0 Å². The second-order valence-corrected chi connectivity index (χ2v) is 7.98. The van der Waals surface area contributed by atoms with E-state index in [1.54, 1.807) is 28.4 Å². The Bertz CT molecular complexity index is 907. The number of hydrogen-bond acceptors (Lipinski definition) is 6. The van der Waals surface area contributed by atoms with Crippen LogP contribution in [0.15, 0.2) is 27.6 Å². The van der Waals surface area contributed by atoms with Gasteiger partial charge in [-0.25, -0.2) is 4.98 Å². The fourth-order valence-electron chi connectivity index (χ4n) is 3.27. The molecule has 6 nitrogen and oxygen atoms in total. The summed E-state index contributed by atoms with van der Waals surface area (Å²) in [4.78, 5) is 17.3. The van der Waals surface area contributed by atoms with Gasteiger partial charge >= 0.3 is 0 Å². The highest BCUT2D eigenvalue weighted by atomic mass is 32.2. The minimum Gasteiger partial charge on any atom is -0.309 e. The highest BCUT2D eigenvalue weighted by molar-refractivity contribution is 7.98. The van der Waals surface area contributed by atoms with Gasteiger partial charge in [-0.1, -0.05) is 31.0 Å². The molecule has 3 aromatic heterocycles. The second kappa shape index (κ2) is 6.68. The maximum atomic E-state index is 12.0. The summed E-state index contributed by atoms with van der Waals surface area (Å²) in [6.07, 6.45) is 8.09. The number of nitrogens with zero attached hydrogens (tertiary/aromatic N) is 5. The third-order valence-corrected chi connectivity index (χ3v) is 6.35. The first kappa shape index (κ1) is 15.8. The predicted octanol–water partition coefficient (Wildman–Crippen LogP) is 3.22. The first-order chi connectivity index (χ1) is 11.7. The Morgan fingerprint density at radius 2 is 2.12 bits per heavy atom. The molecule has 1 saturated carbocycles. The number of rotatable bonds is 4. The maximum absolute atomic E-state index is 12.0. The van der Waals surface area contributed by atoms with Gasteiger partial charge in [-0.3, -0.25) is 9.20 Å². The van der Waals surface area contributed by atoms with Crippen molar-refractivity contribution in [2.75, 3.05) is 0 Å². The van der Waals surface area contributed by atoms with Gasteiger partial charge in [0, 0.05) is 36.4 Å². The van der Waals surface area contributed by atoms with Crippen molar-refractivity contribution in [1.29, 1.82) is 0 Å². The van der Waals surface area contributed by atoms with Crippen LogP contribution in [0.3, 0.4) is 0 Å². The Hall–Kier alpha value is -1.67. The molecule has 1 aliphatic carbocycles. The van der Waals surface area contributed by atoms with Crippen molar-refractivity contribution in [1.82, 2.24) is 24.1 Å². The van der Waals surface area contributed by atoms with Crippen molar-refractivity contribution < 1.29 is 0 Å². The van der Waals surface area contributed by atoms with Gasteiger partial charge in [-0.15, -0.1) is 21.5 Å². The smallest absolute Gasteiger partial charge is 0.258 e. The molecule has 3 aromatic rings. The van der Waals surface area contributed by atoms with Gasteiger partial charge in [0.1, 0.15) is 5.82 Å². The van der Waals surface area contributed by atoms with Crippen molar-refractivity contribution in [2.24, 2.45) is 7.05 Å². The highest BCUT2D eigenvalue weighted by Gasteiger charge is 2.22. The summed E-state index contributed by atoms with van der Waals surface area (Å²) in [5, 5.41) is 11.5.